The molecule has 204 valence electrons. The van der Waals surface area contributed by atoms with E-state index in [1.807, 2.05) is 18.2 Å². The van der Waals surface area contributed by atoms with Gasteiger partial charge in [0.25, 0.3) is 0 Å². The van der Waals surface area contributed by atoms with Crippen molar-refractivity contribution >= 4 is 50.1 Å². The molecule has 1 aliphatic heterocycles. The van der Waals surface area contributed by atoms with Crippen molar-refractivity contribution in [3.05, 3.63) is 53.2 Å². The number of fused-ring (bicyclic) bond motifs is 1. The average molecular weight is 583 g/mol. The van der Waals surface area contributed by atoms with E-state index in [0.29, 0.717) is 38.6 Å². The van der Waals surface area contributed by atoms with Crippen LogP contribution in [0, 0.1) is 0 Å². The number of nitrogens with zero attached hydrogens (tertiary/aromatic N) is 3. The molecule has 13 heteroatoms. The monoisotopic (exact) mass is 581 g/mol. The Labute approximate surface area is 231 Å². The first-order chi connectivity index (χ1) is 18.1. The van der Waals surface area contributed by atoms with Gasteiger partial charge in [-0.05, 0) is 30.7 Å². The normalized spacial score (nSPS) is 18.9. The third-order valence-corrected chi connectivity index (χ3v) is 8.97. The number of anilines is 1. The fourth-order valence-electron chi connectivity index (χ4n) is 4.34. The summed E-state index contributed by atoms with van der Waals surface area (Å²) >= 11 is 13.2. The Bertz CT molecular complexity index is 1430. The van der Waals surface area contributed by atoms with Gasteiger partial charge < -0.3 is 19.9 Å². The molecule has 3 aromatic rings. The van der Waals surface area contributed by atoms with Gasteiger partial charge in [-0.25, -0.2) is 18.4 Å². The van der Waals surface area contributed by atoms with Crippen molar-refractivity contribution in [3.8, 4) is 22.6 Å². The molecule has 2 heterocycles. The molecule has 0 aliphatic carbocycles. The molecule has 0 saturated carbocycles. The lowest BCUT2D eigenvalue weighted by Crippen LogP contribution is -2.47. The third-order valence-electron chi connectivity index (χ3n) is 6.41. The summed E-state index contributed by atoms with van der Waals surface area (Å²) in [6.45, 7) is 5.56. The standard InChI is InChI=1S/C25H29Cl2N5O5S/c1-5-21(33)29-17-12-32(38(34,35)6-2)13-18(17)31-25-28-11-15-9-14(7-8-16(15)30-25)22-23(26)19(36-3)10-20(37-4)24(22)27/h5,7-11,17-18,21,29,33H,1,6,12-13H2,2-4H3,(H,28,30,31). The van der Waals surface area contributed by atoms with E-state index < -0.39 is 22.3 Å². The Morgan fingerprint density at radius 3 is 2.45 bits per heavy atom. The lowest BCUT2D eigenvalue weighted by Gasteiger charge is -2.22. The number of hydrogen-bond donors (Lipinski definition) is 3. The SMILES string of the molecule is C=CC(O)NC1CN(S(=O)(=O)CC)CC1Nc1ncc2cc(-c3c(Cl)c(OC)cc(OC)c3Cl)ccc2n1. The second-order valence-corrected chi connectivity index (χ2v) is 11.7. The molecule has 1 aromatic heterocycles. The minimum absolute atomic E-state index is 0.0154. The summed E-state index contributed by atoms with van der Waals surface area (Å²) in [4.78, 5) is 9.05. The van der Waals surface area contributed by atoms with E-state index in [-0.39, 0.29) is 24.9 Å². The molecular weight excluding hydrogens is 553 g/mol. The maximum Gasteiger partial charge on any atom is 0.223 e. The number of aromatic nitrogens is 2. The Kier molecular flexibility index (Phi) is 8.65. The molecule has 10 nitrogen and oxygen atoms in total. The number of hydrogen-bond acceptors (Lipinski definition) is 9. The van der Waals surface area contributed by atoms with Gasteiger partial charge in [0.15, 0.2) is 0 Å². The van der Waals surface area contributed by atoms with Crippen LogP contribution >= 0.6 is 23.2 Å². The van der Waals surface area contributed by atoms with Gasteiger partial charge in [-0.3, -0.25) is 5.32 Å². The minimum Gasteiger partial charge on any atom is -0.495 e. The Morgan fingerprint density at radius 2 is 1.84 bits per heavy atom. The van der Waals surface area contributed by atoms with Gasteiger partial charge in [-0.15, -0.1) is 0 Å². The van der Waals surface area contributed by atoms with E-state index in [9.17, 15) is 13.5 Å². The Balaban J connectivity index is 1.64. The fourth-order valence-corrected chi connectivity index (χ4v) is 6.20. The quantitative estimate of drug-likeness (QED) is 0.243. The van der Waals surface area contributed by atoms with Gasteiger partial charge in [-0.2, -0.15) is 4.31 Å². The smallest absolute Gasteiger partial charge is 0.223 e. The molecule has 0 bridgehead atoms. The third kappa shape index (κ3) is 5.68. The Morgan fingerprint density at radius 1 is 1.18 bits per heavy atom. The molecule has 3 unspecified atom stereocenters. The Hall–Kier alpha value is -2.67. The van der Waals surface area contributed by atoms with Crippen molar-refractivity contribution in [1.29, 1.82) is 0 Å². The number of methoxy groups -OCH3 is 2. The largest absolute Gasteiger partial charge is 0.495 e. The minimum atomic E-state index is -3.42. The number of sulfonamides is 1. The van der Waals surface area contributed by atoms with Gasteiger partial charge in [0, 0.05) is 42.3 Å². The van der Waals surface area contributed by atoms with Crippen LogP contribution in [-0.2, 0) is 10.0 Å². The summed E-state index contributed by atoms with van der Waals surface area (Å²) in [5, 5.41) is 17.7. The molecule has 2 aromatic carbocycles. The van der Waals surface area contributed by atoms with Crippen molar-refractivity contribution in [1.82, 2.24) is 19.6 Å². The van der Waals surface area contributed by atoms with Crippen LogP contribution in [0.3, 0.4) is 0 Å². The molecule has 1 fully saturated rings. The van der Waals surface area contributed by atoms with Crippen LogP contribution in [0.2, 0.25) is 10.0 Å². The maximum atomic E-state index is 12.5. The number of aliphatic hydroxyl groups is 1. The molecule has 1 aliphatic rings. The summed E-state index contributed by atoms with van der Waals surface area (Å²) in [5.74, 6) is 1.17. The molecule has 38 heavy (non-hydrogen) atoms. The maximum absolute atomic E-state index is 12.5. The lowest BCUT2D eigenvalue weighted by molar-refractivity contribution is 0.167. The predicted molar refractivity (Wildman–Crippen MR) is 150 cm³/mol. The van der Waals surface area contributed by atoms with Gasteiger partial charge >= 0.3 is 0 Å². The molecule has 4 rings (SSSR count). The van der Waals surface area contributed by atoms with Crippen LogP contribution in [-0.4, -0.2) is 79.2 Å². The summed E-state index contributed by atoms with van der Waals surface area (Å²) in [5.41, 5.74) is 1.94. The number of aliphatic hydroxyl groups excluding tert-OH is 1. The zero-order valence-corrected chi connectivity index (χ0v) is 23.4. The van der Waals surface area contributed by atoms with Crippen LogP contribution in [0.4, 0.5) is 5.95 Å². The molecule has 3 atom stereocenters. The first-order valence-corrected chi connectivity index (χ1v) is 14.2. The molecule has 3 N–H and O–H groups in total. The van der Waals surface area contributed by atoms with Crippen molar-refractivity contribution < 1.29 is 23.0 Å². The first kappa shape index (κ1) is 28.3. The number of nitrogens with one attached hydrogen (secondary N) is 2. The lowest BCUT2D eigenvalue weighted by atomic mass is 10.0. The summed E-state index contributed by atoms with van der Waals surface area (Å²) in [7, 11) is -0.387. The first-order valence-electron chi connectivity index (χ1n) is 11.8. The van der Waals surface area contributed by atoms with Crippen LogP contribution in [0.5, 0.6) is 11.5 Å². The second kappa shape index (κ2) is 11.6. The fraction of sp³-hybridized carbons (Fsp3) is 0.360. The van der Waals surface area contributed by atoms with Crippen LogP contribution in [0.1, 0.15) is 6.92 Å². The van der Waals surface area contributed by atoms with Gasteiger partial charge in [0.2, 0.25) is 16.0 Å². The van der Waals surface area contributed by atoms with E-state index in [1.165, 1.54) is 24.6 Å². The van der Waals surface area contributed by atoms with Crippen molar-refractivity contribution in [2.45, 2.75) is 25.2 Å². The zero-order valence-electron chi connectivity index (χ0n) is 21.1. The summed E-state index contributed by atoms with van der Waals surface area (Å²) in [6.07, 6.45) is 2.01. The van der Waals surface area contributed by atoms with Gasteiger partial charge in [-0.1, -0.05) is 35.8 Å². The topological polar surface area (TPSA) is 126 Å². The zero-order chi connectivity index (χ0) is 27.6. The van der Waals surface area contributed by atoms with Crippen molar-refractivity contribution in [2.75, 3.05) is 38.4 Å². The van der Waals surface area contributed by atoms with Gasteiger partial charge in [0.05, 0.1) is 41.6 Å². The van der Waals surface area contributed by atoms with E-state index >= 15 is 0 Å². The van der Waals surface area contributed by atoms with Crippen molar-refractivity contribution in [3.63, 3.8) is 0 Å². The molecule has 0 amide bonds. The van der Waals surface area contributed by atoms with Crippen LogP contribution in [0.25, 0.3) is 22.0 Å². The highest BCUT2D eigenvalue weighted by atomic mass is 35.5. The van der Waals surface area contributed by atoms with Crippen LogP contribution in [0.15, 0.2) is 43.1 Å². The highest BCUT2D eigenvalue weighted by molar-refractivity contribution is 7.89. The highest BCUT2D eigenvalue weighted by Crippen LogP contribution is 2.46. The van der Waals surface area contributed by atoms with Crippen LogP contribution < -0.4 is 20.1 Å². The van der Waals surface area contributed by atoms with E-state index in [4.69, 9.17) is 32.7 Å². The molecule has 0 radical (unpaired) electrons. The number of halogens is 2. The average Bonchev–Trinajstić information content (AvgIpc) is 3.31. The summed E-state index contributed by atoms with van der Waals surface area (Å²) in [6, 6.07) is 6.36. The highest BCUT2D eigenvalue weighted by Gasteiger charge is 2.39. The van der Waals surface area contributed by atoms with E-state index in [0.717, 1.165) is 10.9 Å². The van der Waals surface area contributed by atoms with Crippen molar-refractivity contribution in [2.24, 2.45) is 0 Å². The van der Waals surface area contributed by atoms with Gasteiger partial charge in [0.1, 0.15) is 17.7 Å². The molecular formula is C25H29Cl2N5O5S. The predicted octanol–water partition coefficient (Wildman–Crippen LogP) is 3.53. The molecule has 1 saturated heterocycles. The number of rotatable bonds is 10. The number of ether oxygens (including phenoxy) is 2. The number of benzene rings is 2. The second-order valence-electron chi connectivity index (χ2n) is 8.67. The van der Waals surface area contributed by atoms with E-state index in [2.05, 4.69) is 27.2 Å². The summed E-state index contributed by atoms with van der Waals surface area (Å²) < 4.78 is 37.1. The molecule has 0 spiro atoms. The van der Waals surface area contributed by atoms with E-state index in [1.54, 1.807) is 19.2 Å².